The summed E-state index contributed by atoms with van der Waals surface area (Å²) in [6.45, 7) is 2.33. The van der Waals surface area contributed by atoms with E-state index in [2.05, 4.69) is 21.0 Å². The van der Waals surface area contributed by atoms with Crippen molar-refractivity contribution in [3.8, 4) is 22.9 Å². The molecule has 0 fully saturated rings. The van der Waals surface area contributed by atoms with E-state index < -0.39 is 5.91 Å². The Labute approximate surface area is 173 Å². The van der Waals surface area contributed by atoms with Crippen LogP contribution in [0.2, 0.25) is 0 Å². The summed E-state index contributed by atoms with van der Waals surface area (Å²) in [5, 5.41) is 3.91. The van der Waals surface area contributed by atoms with Crippen LogP contribution < -0.4 is 20.3 Å². The van der Waals surface area contributed by atoms with Gasteiger partial charge in [-0.3, -0.25) is 20.4 Å². The first kappa shape index (κ1) is 20.8. The Hall–Kier alpha value is -3.88. The third-order valence-electron chi connectivity index (χ3n) is 4.11. The molecule has 0 spiro atoms. The average Bonchev–Trinajstić information content (AvgIpc) is 3.26. The van der Waals surface area contributed by atoms with Gasteiger partial charge in [-0.05, 0) is 25.1 Å². The number of hydrogen-bond donors (Lipinski definition) is 2. The van der Waals surface area contributed by atoms with E-state index in [1.807, 2.05) is 37.3 Å². The molecule has 1 heterocycles. The highest BCUT2D eigenvalue weighted by Gasteiger charge is 2.13. The van der Waals surface area contributed by atoms with Crippen LogP contribution in [-0.2, 0) is 11.2 Å². The second-order valence-electron chi connectivity index (χ2n) is 6.18. The number of nitrogens with one attached hydrogen (secondary N) is 2. The van der Waals surface area contributed by atoms with Gasteiger partial charge in [0.15, 0.2) is 11.5 Å². The lowest BCUT2D eigenvalue weighted by Crippen LogP contribution is -2.41. The summed E-state index contributed by atoms with van der Waals surface area (Å²) in [6, 6.07) is 14.1. The number of hydrazine groups is 1. The number of carbonyl (C=O) groups excluding carboxylic acids is 2. The quantitative estimate of drug-likeness (QED) is 0.548. The van der Waals surface area contributed by atoms with Crippen LogP contribution >= 0.6 is 0 Å². The number of carbonyl (C=O) groups is 2. The third-order valence-corrected chi connectivity index (χ3v) is 4.11. The summed E-state index contributed by atoms with van der Waals surface area (Å²) in [7, 11) is 1.49. The Bertz CT molecular complexity index is 1000. The molecular formula is C21H22N4O5. The Morgan fingerprint density at radius 2 is 1.87 bits per heavy atom. The molecule has 1 aromatic heterocycles. The van der Waals surface area contributed by atoms with Gasteiger partial charge in [0.2, 0.25) is 17.6 Å². The molecule has 0 saturated carbocycles. The number of aromatic nitrogens is 2. The summed E-state index contributed by atoms with van der Waals surface area (Å²) < 4.78 is 15.8. The second-order valence-corrected chi connectivity index (χ2v) is 6.18. The number of benzene rings is 2. The van der Waals surface area contributed by atoms with Crippen LogP contribution in [0.3, 0.4) is 0 Å². The molecule has 0 aliphatic carbocycles. The molecule has 2 aromatic carbocycles. The average molecular weight is 410 g/mol. The van der Waals surface area contributed by atoms with Gasteiger partial charge in [0.25, 0.3) is 5.91 Å². The number of amides is 2. The normalized spacial score (nSPS) is 10.3. The van der Waals surface area contributed by atoms with Crippen LogP contribution in [0, 0.1) is 0 Å². The highest BCUT2D eigenvalue weighted by atomic mass is 16.5. The van der Waals surface area contributed by atoms with Gasteiger partial charge in [-0.25, -0.2) is 0 Å². The van der Waals surface area contributed by atoms with Crippen molar-refractivity contribution in [2.24, 2.45) is 0 Å². The summed E-state index contributed by atoms with van der Waals surface area (Å²) in [4.78, 5) is 28.6. The van der Waals surface area contributed by atoms with Gasteiger partial charge in [-0.1, -0.05) is 35.5 Å². The zero-order valence-electron chi connectivity index (χ0n) is 16.7. The van der Waals surface area contributed by atoms with Crippen molar-refractivity contribution in [1.82, 2.24) is 21.0 Å². The Kier molecular flexibility index (Phi) is 6.99. The van der Waals surface area contributed by atoms with Crippen molar-refractivity contribution >= 4 is 11.8 Å². The van der Waals surface area contributed by atoms with Crippen LogP contribution in [0.4, 0.5) is 0 Å². The van der Waals surface area contributed by atoms with Gasteiger partial charge >= 0.3 is 0 Å². The molecule has 0 aliphatic rings. The first-order valence-electron chi connectivity index (χ1n) is 9.38. The van der Waals surface area contributed by atoms with Crippen molar-refractivity contribution in [3.05, 3.63) is 60.0 Å². The van der Waals surface area contributed by atoms with E-state index in [-0.39, 0.29) is 18.7 Å². The first-order valence-corrected chi connectivity index (χ1v) is 9.38. The van der Waals surface area contributed by atoms with E-state index in [0.29, 0.717) is 35.4 Å². The SMILES string of the molecule is CCOc1ccc(C(=O)NNC(=O)CCc2nc(-c3ccccc3)no2)cc1OC. The van der Waals surface area contributed by atoms with E-state index in [1.165, 1.54) is 13.2 Å². The molecule has 30 heavy (non-hydrogen) atoms. The maximum Gasteiger partial charge on any atom is 0.269 e. The molecule has 0 saturated heterocycles. The van der Waals surface area contributed by atoms with E-state index >= 15 is 0 Å². The topological polar surface area (TPSA) is 116 Å². The number of ether oxygens (including phenoxy) is 2. The smallest absolute Gasteiger partial charge is 0.269 e. The summed E-state index contributed by atoms with van der Waals surface area (Å²) >= 11 is 0. The third kappa shape index (κ3) is 5.34. The largest absolute Gasteiger partial charge is 0.493 e. The summed E-state index contributed by atoms with van der Waals surface area (Å²) in [6.07, 6.45) is 0.321. The Morgan fingerprint density at radius 1 is 1.07 bits per heavy atom. The molecule has 2 amide bonds. The molecule has 156 valence electrons. The molecule has 3 aromatic rings. The lowest BCUT2D eigenvalue weighted by Gasteiger charge is -2.11. The fraction of sp³-hybridized carbons (Fsp3) is 0.238. The molecular weight excluding hydrogens is 388 g/mol. The zero-order chi connectivity index (χ0) is 21.3. The Balaban J connectivity index is 1.49. The Morgan fingerprint density at radius 3 is 2.60 bits per heavy atom. The zero-order valence-corrected chi connectivity index (χ0v) is 16.7. The van der Waals surface area contributed by atoms with Gasteiger partial charge in [0.1, 0.15) is 0 Å². The number of nitrogens with zero attached hydrogens (tertiary/aromatic N) is 2. The number of rotatable bonds is 8. The highest BCUT2D eigenvalue weighted by Crippen LogP contribution is 2.27. The molecule has 9 nitrogen and oxygen atoms in total. The monoisotopic (exact) mass is 410 g/mol. The predicted molar refractivity (Wildman–Crippen MR) is 108 cm³/mol. The fourth-order valence-corrected chi connectivity index (χ4v) is 2.63. The van der Waals surface area contributed by atoms with Crippen molar-refractivity contribution in [3.63, 3.8) is 0 Å². The van der Waals surface area contributed by atoms with Crippen LogP contribution in [-0.4, -0.2) is 35.7 Å². The lowest BCUT2D eigenvalue weighted by molar-refractivity contribution is -0.121. The van der Waals surface area contributed by atoms with Crippen LogP contribution in [0.25, 0.3) is 11.4 Å². The maximum absolute atomic E-state index is 12.3. The number of methoxy groups -OCH3 is 1. The minimum Gasteiger partial charge on any atom is -0.493 e. The molecule has 2 N–H and O–H groups in total. The molecule has 0 bridgehead atoms. The van der Waals surface area contributed by atoms with E-state index in [0.717, 1.165) is 5.56 Å². The van der Waals surface area contributed by atoms with E-state index in [4.69, 9.17) is 14.0 Å². The molecule has 0 atom stereocenters. The van der Waals surface area contributed by atoms with Crippen LogP contribution in [0.5, 0.6) is 11.5 Å². The van der Waals surface area contributed by atoms with Gasteiger partial charge < -0.3 is 14.0 Å². The van der Waals surface area contributed by atoms with E-state index in [9.17, 15) is 9.59 Å². The van der Waals surface area contributed by atoms with Crippen LogP contribution in [0.1, 0.15) is 29.6 Å². The second kappa shape index (κ2) is 10.1. The lowest BCUT2D eigenvalue weighted by atomic mass is 10.2. The maximum atomic E-state index is 12.3. The first-order chi connectivity index (χ1) is 14.6. The van der Waals surface area contributed by atoms with Crippen molar-refractivity contribution < 1.29 is 23.6 Å². The van der Waals surface area contributed by atoms with Gasteiger partial charge in [0.05, 0.1) is 13.7 Å². The summed E-state index contributed by atoms with van der Waals surface area (Å²) in [5.74, 6) is 0.904. The van der Waals surface area contributed by atoms with Gasteiger partial charge in [-0.2, -0.15) is 4.98 Å². The minimum atomic E-state index is -0.478. The van der Waals surface area contributed by atoms with Crippen LogP contribution in [0.15, 0.2) is 53.1 Å². The standard InChI is InChI=1S/C21H22N4O5/c1-3-29-16-10-9-15(13-17(16)28-2)21(27)24-23-18(26)11-12-19-22-20(25-30-19)14-7-5-4-6-8-14/h4-10,13H,3,11-12H2,1-2H3,(H,23,26)(H,24,27). The summed E-state index contributed by atoms with van der Waals surface area (Å²) in [5.41, 5.74) is 5.88. The number of aryl methyl sites for hydroxylation is 1. The van der Waals surface area contributed by atoms with Gasteiger partial charge in [-0.15, -0.1) is 0 Å². The van der Waals surface area contributed by atoms with Crippen molar-refractivity contribution in [2.45, 2.75) is 19.8 Å². The van der Waals surface area contributed by atoms with Crippen molar-refractivity contribution in [1.29, 1.82) is 0 Å². The van der Waals surface area contributed by atoms with Gasteiger partial charge in [0, 0.05) is 24.0 Å². The molecule has 3 rings (SSSR count). The number of hydrogen-bond acceptors (Lipinski definition) is 7. The van der Waals surface area contributed by atoms with E-state index in [1.54, 1.807) is 12.1 Å². The fourth-order valence-electron chi connectivity index (χ4n) is 2.63. The molecule has 0 radical (unpaired) electrons. The molecule has 0 unspecified atom stereocenters. The predicted octanol–water partition coefficient (Wildman–Crippen LogP) is 2.54. The van der Waals surface area contributed by atoms with Crippen molar-refractivity contribution in [2.75, 3.05) is 13.7 Å². The highest BCUT2D eigenvalue weighted by molar-refractivity contribution is 5.96. The molecule has 9 heteroatoms. The minimum absolute atomic E-state index is 0.0727. The molecule has 0 aliphatic heterocycles.